The zero-order chi connectivity index (χ0) is 21.7. The number of imide groups is 1. The molecule has 1 aliphatic heterocycles. The number of esters is 1. The fourth-order valence-electron chi connectivity index (χ4n) is 4.86. The number of rotatable bonds is 5. The molecule has 2 fully saturated rings. The van der Waals surface area contributed by atoms with Gasteiger partial charge in [0.1, 0.15) is 5.82 Å². The highest BCUT2D eigenvalue weighted by atomic mass is 19.1. The molecule has 1 saturated heterocycles. The number of halogens is 1. The van der Waals surface area contributed by atoms with Crippen LogP contribution >= 0.6 is 0 Å². The first-order valence-electron chi connectivity index (χ1n) is 10.1. The standard InChI is InChI=1S/C24H18FNO5/c25-17-8-6-13(7-9-17)19(27)12-31-24(30)16-2-1-3-18(11-16)26-22(28)20-14-4-5-15(10-14)21(20)23(26)29/h1-9,11,14-15,20-21H,10,12H2/t14-,15-,20-,21-/m0/s1. The number of fused-ring (bicyclic) bond motifs is 5. The molecular weight excluding hydrogens is 401 g/mol. The molecule has 156 valence electrons. The van der Waals surface area contributed by atoms with Gasteiger partial charge in [0.15, 0.2) is 12.4 Å². The van der Waals surface area contributed by atoms with Crippen LogP contribution in [-0.4, -0.2) is 30.2 Å². The van der Waals surface area contributed by atoms with Crippen molar-refractivity contribution in [3.8, 4) is 0 Å². The molecule has 2 aromatic carbocycles. The van der Waals surface area contributed by atoms with Gasteiger partial charge in [-0.05, 0) is 60.7 Å². The molecule has 0 aromatic heterocycles. The lowest BCUT2D eigenvalue weighted by molar-refractivity contribution is -0.123. The number of anilines is 1. The van der Waals surface area contributed by atoms with Crippen molar-refractivity contribution in [2.24, 2.45) is 23.7 Å². The summed E-state index contributed by atoms with van der Waals surface area (Å²) in [5, 5.41) is 0. The maximum Gasteiger partial charge on any atom is 0.338 e. The first-order chi connectivity index (χ1) is 14.9. The van der Waals surface area contributed by atoms with Crippen LogP contribution in [0.5, 0.6) is 0 Å². The van der Waals surface area contributed by atoms with E-state index in [1.54, 1.807) is 12.1 Å². The molecular formula is C24H18FNO5. The van der Waals surface area contributed by atoms with Crippen molar-refractivity contribution in [3.05, 3.63) is 77.6 Å². The van der Waals surface area contributed by atoms with E-state index >= 15 is 0 Å². The molecule has 2 aromatic rings. The molecule has 6 nitrogen and oxygen atoms in total. The molecule has 4 atom stereocenters. The Kier molecular flexibility index (Phi) is 4.54. The van der Waals surface area contributed by atoms with Crippen molar-refractivity contribution in [1.82, 2.24) is 0 Å². The predicted molar refractivity (Wildman–Crippen MR) is 108 cm³/mol. The summed E-state index contributed by atoms with van der Waals surface area (Å²) in [6, 6.07) is 11.0. The highest BCUT2D eigenvalue weighted by Gasteiger charge is 2.59. The van der Waals surface area contributed by atoms with Crippen LogP contribution in [0.2, 0.25) is 0 Å². The second kappa shape index (κ2) is 7.27. The van der Waals surface area contributed by atoms with E-state index in [1.165, 1.54) is 29.2 Å². The Morgan fingerprint density at radius 3 is 2.23 bits per heavy atom. The minimum Gasteiger partial charge on any atom is -0.454 e. The largest absolute Gasteiger partial charge is 0.454 e. The lowest BCUT2D eigenvalue weighted by Crippen LogP contribution is -2.33. The molecule has 0 spiro atoms. The van der Waals surface area contributed by atoms with Crippen molar-refractivity contribution in [3.63, 3.8) is 0 Å². The van der Waals surface area contributed by atoms with E-state index in [0.29, 0.717) is 5.69 Å². The van der Waals surface area contributed by atoms with E-state index < -0.39 is 24.2 Å². The van der Waals surface area contributed by atoms with Gasteiger partial charge in [0, 0.05) is 5.56 Å². The van der Waals surface area contributed by atoms with E-state index in [-0.39, 0.29) is 46.6 Å². The molecule has 1 saturated carbocycles. The topological polar surface area (TPSA) is 80.8 Å². The smallest absolute Gasteiger partial charge is 0.338 e. The molecule has 1 heterocycles. The summed E-state index contributed by atoms with van der Waals surface area (Å²) >= 11 is 0. The van der Waals surface area contributed by atoms with Gasteiger partial charge in [-0.15, -0.1) is 0 Å². The van der Waals surface area contributed by atoms with Gasteiger partial charge in [-0.3, -0.25) is 14.4 Å². The number of hydrogen-bond acceptors (Lipinski definition) is 5. The Morgan fingerprint density at radius 2 is 1.58 bits per heavy atom. The third kappa shape index (κ3) is 3.17. The van der Waals surface area contributed by atoms with Crippen LogP contribution in [-0.2, 0) is 14.3 Å². The van der Waals surface area contributed by atoms with Crippen LogP contribution in [0, 0.1) is 29.5 Å². The van der Waals surface area contributed by atoms with E-state index in [0.717, 1.165) is 18.6 Å². The predicted octanol–water partition coefficient (Wildman–Crippen LogP) is 3.18. The monoisotopic (exact) mass is 419 g/mol. The van der Waals surface area contributed by atoms with Crippen LogP contribution in [0.4, 0.5) is 10.1 Å². The summed E-state index contributed by atoms with van der Waals surface area (Å²) < 4.78 is 18.1. The fraction of sp³-hybridized carbons (Fsp3) is 0.250. The van der Waals surface area contributed by atoms with E-state index in [2.05, 4.69) is 0 Å². The van der Waals surface area contributed by atoms with Crippen molar-refractivity contribution in [1.29, 1.82) is 0 Å². The molecule has 7 heteroatoms. The molecule has 0 N–H and O–H groups in total. The number of carbonyl (C=O) groups excluding carboxylic acids is 4. The number of benzene rings is 2. The van der Waals surface area contributed by atoms with Crippen LogP contribution in [0.15, 0.2) is 60.7 Å². The number of ketones is 1. The Balaban J connectivity index is 1.30. The van der Waals surface area contributed by atoms with Crippen molar-refractivity contribution in [2.75, 3.05) is 11.5 Å². The zero-order valence-electron chi connectivity index (χ0n) is 16.4. The van der Waals surface area contributed by atoms with Crippen molar-refractivity contribution < 1.29 is 28.3 Å². The highest BCUT2D eigenvalue weighted by molar-refractivity contribution is 6.23. The average molecular weight is 419 g/mol. The minimum atomic E-state index is -0.752. The molecule has 2 aliphatic carbocycles. The molecule has 3 aliphatic rings. The maximum absolute atomic E-state index is 13.0. The van der Waals surface area contributed by atoms with Gasteiger partial charge in [-0.1, -0.05) is 18.2 Å². The number of Topliss-reactive ketones (excluding diaryl/α,β-unsaturated/α-hetero) is 1. The Bertz CT molecular complexity index is 1110. The molecule has 0 radical (unpaired) electrons. The number of ether oxygens (including phenoxy) is 1. The number of nitrogens with zero attached hydrogens (tertiary/aromatic N) is 1. The van der Waals surface area contributed by atoms with Crippen LogP contribution in [0.1, 0.15) is 27.1 Å². The van der Waals surface area contributed by atoms with Gasteiger partial charge in [-0.2, -0.15) is 0 Å². The van der Waals surface area contributed by atoms with Crippen molar-refractivity contribution >= 4 is 29.3 Å². The fourth-order valence-corrected chi connectivity index (χ4v) is 4.86. The van der Waals surface area contributed by atoms with E-state index in [4.69, 9.17) is 4.74 Å². The quantitative estimate of drug-likeness (QED) is 0.322. The Hall–Kier alpha value is -3.61. The first-order valence-corrected chi connectivity index (χ1v) is 10.1. The third-order valence-corrected chi connectivity index (χ3v) is 6.31. The summed E-state index contributed by atoms with van der Waals surface area (Å²) in [5.74, 6) is -2.61. The summed E-state index contributed by atoms with van der Waals surface area (Å²) in [4.78, 5) is 51.6. The maximum atomic E-state index is 13.0. The van der Waals surface area contributed by atoms with Gasteiger partial charge in [0.2, 0.25) is 11.8 Å². The number of carbonyl (C=O) groups is 4. The van der Waals surface area contributed by atoms with E-state index in [9.17, 15) is 23.6 Å². The summed E-state index contributed by atoms with van der Waals surface area (Å²) in [6.07, 6.45) is 4.88. The van der Waals surface area contributed by atoms with Gasteiger partial charge in [0.25, 0.3) is 0 Å². The number of amides is 2. The molecule has 2 amide bonds. The Morgan fingerprint density at radius 1 is 0.935 bits per heavy atom. The van der Waals surface area contributed by atoms with Crippen molar-refractivity contribution in [2.45, 2.75) is 6.42 Å². The van der Waals surface area contributed by atoms with Gasteiger partial charge in [-0.25, -0.2) is 14.1 Å². The number of hydrogen-bond donors (Lipinski definition) is 0. The SMILES string of the molecule is O=C(COC(=O)c1cccc(N2C(=O)[C@@H]3[C@@H](C2=O)[C@H]2C=C[C@H]3C2)c1)c1ccc(F)cc1. The molecule has 2 bridgehead atoms. The van der Waals surface area contributed by atoms with Crippen LogP contribution in [0.25, 0.3) is 0 Å². The zero-order valence-corrected chi connectivity index (χ0v) is 16.4. The second-order valence-electron chi connectivity index (χ2n) is 8.07. The first kappa shape index (κ1) is 19.4. The van der Waals surface area contributed by atoms with E-state index in [1.807, 2.05) is 12.2 Å². The molecule has 0 unspecified atom stereocenters. The normalized spacial score (nSPS) is 25.8. The minimum absolute atomic E-state index is 0.0991. The molecule has 31 heavy (non-hydrogen) atoms. The summed E-state index contributed by atoms with van der Waals surface area (Å²) in [6.45, 7) is -0.505. The summed E-state index contributed by atoms with van der Waals surface area (Å²) in [7, 11) is 0. The third-order valence-electron chi connectivity index (χ3n) is 6.31. The Labute approximate surface area is 177 Å². The van der Waals surface area contributed by atoms with Gasteiger partial charge < -0.3 is 4.74 Å². The number of allylic oxidation sites excluding steroid dienone is 2. The second-order valence-corrected chi connectivity index (χ2v) is 8.07. The van der Waals surface area contributed by atoms with Crippen LogP contribution < -0.4 is 4.90 Å². The lowest BCUT2D eigenvalue weighted by Gasteiger charge is -2.18. The lowest BCUT2D eigenvalue weighted by atomic mass is 9.85. The highest BCUT2D eigenvalue weighted by Crippen LogP contribution is 2.53. The molecule has 5 rings (SSSR count). The average Bonchev–Trinajstić information content (AvgIpc) is 3.46. The van der Waals surface area contributed by atoms with Crippen LogP contribution in [0.3, 0.4) is 0 Å². The summed E-state index contributed by atoms with van der Waals surface area (Å²) in [5.41, 5.74) is 0.678. The van der Waals surface area contributed by atoms with Gasteiger partial charge in [0.05, 0.1) is 23.1 Å². The van der Waals surface area contributed by atoms with Gasteiger partial charge >= 0.3 is 5.97 Å².